The summed E-state index contributed by atoms with van der Waals surface area (Å²) in [6, 6.07) is 6.55. The Balaban J connectivity index is 1.42. The van der Waals surface area contributed by atoms with Crippen molar-refractivity contribution in [2.45, 2.75) is 19.3 Å². The normalized spacial score (nSPS) is 11.0. The molecule has 0 aliphatic carbocycles. The van der Waals surface area contributed by atoms with Gasteiger partial charge in [-0.1, -0.05) is 18.2 Å². The monoisotopic (exact) mass is 317 g/mol. The van der Waals surface area contributed by atoms with E-state index < -0.39 is 0 Å². The van der Waals surface area contributed by atoms with E-state index in [4.69, 9.17) is 0 Å². The third-order valence-corrected chi connectivity index (χ3v) is 4.20. The van der Waals surface area contributed by atoms with E-state index in [-0.39, 0.29) is 11.7 Å². The molecule has 0 aliphatic rings. The highest BCUT2D eigenvalue weighted by atomic mass is 32.1. The van der Waals surface area contributed by atoms with Gasteiger partial charge in [0.1, 0.15) is 5.82 Å². The third kappa shape index (κ3) is 3.51. The van der Waals surface area contributed by atoms with E-state index >= 15 is 0 Å². The van der Waals surface area contributed by atoms with Gasteiger partial charge in [0.15, 0.2) is 4.96 Å². The predicted octanol–water partition coefficient (Wildman–Crippen LogP) is 2.83. The maximum atomic E-state index is 13.4. The largest absolute Gasteiger partial charge is 0.356 e. The average molecular weight is 317 g/mol. The summed E-state index contributed by atoms with van der Waals surface area (Å²) in [7, 11) is 0. The van der Waals surface area contributed by atoms with E-state index in [2.05, 4.69) is 10.3 Å². The van der Waals surface area contributed by atoms with Crippen LogP contribution >= 0.6 is 11.3 Å². The highest BCUT2D eigenvalue weighted by molar-refractivity contribution is 7.15. The van der Waals surface area contributed by atoms with Gasteiger partial charge in [0, 0.05) is 37.2 Å². The van der Waals surface area contributed by atoms with Gasteiger partial charge in [-0.05, 0) is 18.1 Å². The Morgan fingerprint density at radius 3 is 3.00 bits per heavy atom. The summed E-state index contributed by atoms with van der Waals surface area (Å²) >= 11 is 1.58. The number of nitrogens with one attached hydrogen (secondary N) is 1. The molecule has 1 N–H and O–H groups in total. The van der Waals surface area contributed by atoms with Crippen LogP contribution in [-0.2, 0) is 17.6 Å². The number of aryl methyl sites for hydroxylation is 1. The summed E-state index contributed by atoms with van der Waals surface area (Å²) in [6.07, 6.45) is 5.33. The minimum absolute atomic E-state index is 0.0655. The van der Waals surface area contributed by atoms with Crippen molar-refractivity contribution < 1.29 is 9.18 Å². The van der Waals surface area contributed by atoms with Gasteiger partial charge in [0.2, 0.25) is 5.91 Å². The SMILES string of the molecule is O=C(CCc1ccccc1F)NCCc1cn2ccsc2n1. The number of imidazole rings is 1. The third-order valence-electron chi connectivity index (χ3n) is 3.43. The Morgan fingerprint density at radius 1 is 1.32 bits per heavy atom. The molecular weight excluding hydrogens is 301 g/mol. The number of amides is 1. The van der Waals surface area contributed by atoms with Crippen LogP contribution in [-0.4, -0.2) is 21.8 Å². The number of fused-ring (bicyclic) bond motifs is 1. The van der Waals surface area contributed by atoms with Gasteiger partial charge in [-0.25, -0.2) is 9.37 Å². The molecule has 0 bridgehead atoms. The lowest BCUT2D eigenvalue weighted by Crippen LogP contribution is -2.26. The zero-order valence-corrected chi connectivity index (χ0v) is 12.8. The van der Waals surface area contributed by atoms with Gasteiger partial charge in [0.25, 0.3) is 0 Å². The van der Waals surface area contributed by atoms with Crippen LogP contribution in [0, 0.1) is 5.82 Å². The van der Waals surface area contributed by atoms with E-state index in [1.807, 2.05) is 22.2 Å². The number of hydrogen-bond acceptors (Lipinski definition) is 3. The van der Waals surface area contributed by atoms with Gasteiger partial charge < -0.3 is 5.32 Å². The van der Waals surface area contributed by atoms with E-state index in [9.17, 15) is 9.18 Å². The topological polar surface area (TPSA) is 46.4 Å². The lowest BCUT2D eigenvalue weighted by Gasteiger charge is -2.05. The summed E-state index contributed by atoms with van der Waals surface area (Å²) in [4.78, 5) is 17.2. The molecule has 22 heavy (non-hydrogen) atoms. The Bertz CT molecular complexity index is 752. The standard InChI is InChI=1S/C16H16FN3OS/c17-14-4-2-1-3-12(14)5-6-15(21)18-8-7-13-11-20-9-10-22-16(20)19-13/h1-4,9-11H,5-8H2,(H,18,21). The molecule has 114 valence electrons. The lowest BCUT2D eigenvalue weighted by atomic mass is 10.1. The molecule has 0 atom stereocenters. The molecule has 3 rings (SSSR count). The highest BCUT2D eigenvalue weighted by Gasteiger charge is 2.06. The van der Waals surface area contributed by atoms with Crippen LogP contribution in [0.25, 0.3) is 4.96 Å². The number of rotatable bonds is 6. The number of halogens is 1. The minimum Gasteiger partial charge on any atom is -0.356 e. The van der Waals surface area contributed by atoms with Crippen LogP contribution in [0.15, 0.2) is 42.0 Å². The average Bonchev–Trinajstić information content (AvgIpc) is 3.07. The highest BCUT2D eigenvalue weighted by Crippen LogP contribution is 2.11. The Labute approximate surface area is 131 Å². The van der Waals surface area contributed by atoms with Crippen molar-refractivity contribution in [2.24, 2.45) is 0 Å². The Hall–Kier alpha value is -2.21. The van der Waals surface area contributed by atoms with Crippen molar-refractivity contribution in [1.82, 2.24) is 14.7 Å². The molecule has 0 radical (unpaired) electrons. The number of thiazole rings is 1. The minimum atomic E-state index is -0.256. The molecule has 2 aromatic heterocycles. The zero-order valence-electron chi connectivity index (χ0n) is 12.0. The second-order valence-electron chi connectivity index (χ2n) is 5.02. The lowest BCUT2D eigenvalue weighted by molar-refractivity contribution is -0.121. The first-order valence-corrected chi connectivity index (χ1v) is 8.01. The number of benzene rings is 1. The van der Waals surface area contributed by atoms with Gasteiger partial charge in [-0.3, -0.25) is 9.20 Å². The van der Waals surface area contributed by atoms with Crippen LogP contribution < -0.4 is 5.32 Å². The molecule has 6 heteroatoms. The van der Waals surface area contributed by atoms with Crippen LogP contribution in [0.3, 0.4) is 0 Å². The quantitative estimate of drug-likeness (QED) is 0.760. The second-order valence-corrected chi connectivity index (χ2v) is 5.89. The number of nitrogens with zero attached hydrogens (tertiary/aromatic N) is 2. The molecule has 0 unspecified atom stereocenters. The molecular formula is C16H16FN3OS. The first-order valence-electron chi connectivity index (χ1n) is 7.13. The summed E-state index contributed by atoms with van der Waals surface area (Å²) < 4.78 is 15.4. The maximum Gasteiger partial charge on any atom is 0.220 e. The van der Waals surface area contributed by atoms with Crippen molar-refractivity contribution in [3.63, 3.8) is 0 Å². The Kier molecular flexibility index (Phi) is 4.48. The predicted molar refractivity (Wildman–Crippen MR) is 84.5 cm³/mol. The summed E-state index contributed by atoms with van der Waals surface area (Å²) in [5.74, 6) is -0.322. The van der Waals surface area contributed by atoms with Gasteiger partial charge >= 0.3 is 0 Å². The Morgan fingerprint density at radius 2 is 2.18 bits per heavy atom. The zero-order chi connectivity index (χ0) is 15.4. The van der Waals surface area contributed by atoms with Crippen molar-refractivity contribution in [1.29, 1.82) is 0 Å². The molecule has 0 spiro atoms. The number of carbonyl (C=O) groups is 1. The molecule has 2 heterocycles. The molecule has 0 aliphatic heterocycles. The van der Waals surface area contributed by atoms with Gasteiger partial charge in [-0.2, -0.15) is 0 Å². The first kappa shape index (κ1) is 14.7. The van der Waals surface area contributed by atoms with Crippen molar-refractivity contribution >= 4 is 22.2 Å². The second kappa shape index (κ2) is 6.70. The molecule has 0 saturated carbocycles. The maximum absolute atomic E-state index is 13.4. The van der Waals surface area contributed by atoms with E-state index in [0.29, 0.717) is 31.4 Å². The fourth-order valence-electron chi connectivity index (χ4n) is 2.26. The molecule has 0 fully saturated rings. The number of hydrogen-bond donors (Lipinski definition) is 1. The van der Waals surface area contributed by atoms with E-state index in [1.54, 1.807) is 29.5 Å². The van der Waals surface area contributed by atoms with Gasteiger partial charge in [0.05, 0.1) is 5.69 Å². The summed E-state index contributed by atoms with van der Waals surface area (Å²) in [5, 5.41) is 4.83. The molecule has 3 aromatic rings. The van der Waals surface area contributed by atoms with Crippen LogP contribution in [0.5, 0.6) is 0 Å². The fourth-order valence-corrected chi connectivity index (χ4v) is 2.98. The number of aromatic nitrogens is 2. The smallest absolute Gasteiger partial charge is 0.220 e. The van der Waals surface area contributed by atoms with Crippen molar-refractivity contribution in [3.8, 4) is 0 Å². The number of carbonyl (C=O) groups excluding carboxylic acids is 1. The molecule has 1 amide bonds. The van der Waals surface area contributed by atoms with Gasteiger partial charge in [-0.15, -0.1) is 11.3 Å². The fraction of sp³-hybridized carbons (Fsp3) is 0.250. The molecule has 1 aromatic carbocycles. The van der Waals surface area contributed by atoms with Crippen molar-refractivity contribution in [2.75, 3.05) is 6.54 Å². The summed E-state index contributed by atoms with van der Waals surface area (Å²) in [6.45, 7) is 0.543. The van der Waals surface area contributed by atoms with Crippen molar-refractivity contribution in [3.05, 3.63) is 59.1 Å². The summed E-state index contributed by atoms with van der Waals surface area (Å²) in [5.41, 5.74) is 1.54. The van der Waals surface area contributed by atoms with Crippen LogP contribution in [0.2, 0.25) is 0 Å². The first-order chi connectivity index (χ1) is 10.7. The molecule has 0 saturated heterocycles. The van der Waals surface area contributed by atoms with E-state index in [1.165, 1.54) is 6.07 Å². The van der Waals surface area contributed by atoms with Crippen LogP contribution in [0.1, 0.15) is 17.7 Å². The van der Waals surface area contributed by atoms with Crippen LogP contribution in [0.4, 0.5) is 4.39 Å². The van der Waals surface area contributed by atoms with E-state index in [0.717, 1.165) is 10.7 Å². The molecule has 4 nitrogen and oxygen atoms in total.